The number of thioether (sulfide) groups is 1. The molecule has 0 aromatic rings. The molecule has 0 saturated carbocycles. The van der Waals surface area contributed by atoms with Crippen LogP contribution < -0.4 is 5.73 Å². The molecule has 0 aromatic heterocycles. The van der Waals surface area contributed by atoms with Crippen LogP contribution >= 0.6 is 36.9 Å². The van der Waals surface area contributed by atoms with Crippen LogP contribution in [-0.2, 0) is 4.79 Å². The number of aliphatic carboxylic acids is 1. The van der Waals surface area contributed by atoms with Crippen LogP contribution in [-0.4, -0.2) is 35.0 Å². The maximum atomic E-state index is 10.2. The summed E-state index contributed by atoms with van der Waals surface area (Å²) >= 11 is 6.35. The molecule has 0 aliphatic rings. The second-order valence-electron chi connectivity index (χ2n) is 1.93. The summed E-state index contributed by atoms with van der Waals surface area (Å²) in [5.74, 6) is 0.952. The van der Waals surface area contributed by atoms with Gasteiger partial charge in [0.15, 0.2) is 0 Å². The highest BCUT2D eigenvalue weighted by Crippen LogP contribution is 2.02. The summed E-state index contributed by atoms with van der Waals surface area (Å²) in [5.41, 5.74) is 5.24. The van der Waals surface area contributed by atoms with E-state index in [0.29, 0.717) is 6.42 Å². The van der Waals surface area contributed by atoms with E-state index < -0.39 is 12.0 Å². The first-order chi connectivity index (χ1) is 5.68. The highest BCUT2D eigenvalue weighted by Gasteiger charge is 2.09. The monoisotopic (exact) mass is 247 g/mol. The fourth-order valence-corrected chi connectivity index (χ4v) is 1.19. The van der Waals surface area contributed by atoms with Crippen molar-refractivity contribution in [1.29, 1.82) is 0 Å². The normalized spacial score (nSPS) is 10.5. The van der Waals surface area contributed by atoms with Gasteiger partial charge >= 0.3 is 5.97 Å². The van der Waals surface area contributed by atoms with E-state index in [-0.39, 0.29) is 13.5 Å². The molecule has 0 spiro atoms. The second kappa shape index (κ2) is 14.9. The topological polar surface area (TPSA) is 63.3 Å². The Morgan fingerprint density at radius 2 is 2.08 bits per heavy atom. The van der Waals surface area contributed by atoms with Crippen molar-refractivity contribution in [3.05, 3.63) is 0 Å². The largest absolute Gasteiger partial charge is 0.480 e. The van der Waals surface area contributed by atoms with Gasteiger partial charge in [-0.25, -0.2) is 0 Å². The average Bonchev–Trinajstić information content (AvgIpc) is 2.08. The minimum Gasteiger partial charge on any atom is -0.480 e. The SMILES string of the molecule is CCSCCC(N)C(=O)O.CCl.S. The Kier molecular flexibility index (Phi) is 21.9. The van der Waals surface area contributed by atoms with E-state index in [9.17, 15) is 4.79 Å². The average molecular weight is 248 g/mol. The molecular formula is C7H18ClNO2S2. The van der Waals surface area contributed by atoms with E-state index in [2.05, 4.69) is 11.6 Å². The van der Waals surface area contributed by atoms with Gasteiger partial charge in [0.25, 0.3) is 0 Å². The summed E-state index contributed by atoms with van der Waals surface area (Å²) in [6, 6.07) is -0.681. The summed E-state index contributed by atoms with van der Waals surface area (Å²) < 4.78 is 0. The van der Waals surface area contributed by atoms with Crippen molar-refractivity contribution in [2.24, 2.45) is 5.73 Å². The first-order valence-corrected chi connectivity index (χ1v) is 5.53. The molecule has 1 atom stereocenters. The molecule has 0 heterocycles. The molecule has 13 heavy (non-hydrogen) atoms. The lowest BCUT2D eigenvalue weighted by Gasteiger charge is -2.03. The molecule has 1 unspecified atom stereocenters. The summed E-state index contributed by atoms with van der Waals surface area (Å²) in [4.78, 5) is 10.2. The van der Waals surface area contributed by atoms with Gasteiger partial charge in [0.05, 0.1) is 0 Å². The van der Waals surface area contributed by atoms with Gasteiger partial charge in [-0.05, 0) is 17.9 Å². The molecule has 6 heteroatoms. The van der Waals surface area contributed by atoms with Gasteiger partial charge in [0.2, 0.25) is 0 Å². The Morgan fingerprint density at radius 1 is 1.62 bits per heavy atom. The van der Waals surface area contributed by atoms with E-state index in [1.165, 1.54) is 6.38 Å². The Hall–Kier alpha value is 0.420. The van der Waals surface area contributed by atoms with E-state index >= 15 is 0 Å². The highest BCUT2D eigenvalue weighted by molar-refractivity contribution is 7.99. The Balaban J connectivity index is -0.000000309. The fourth-order valence-electron chi connectivity index (χ4n) is 0.478. The van der Waals surface area contributed by atoms with Gasteiger partial charge in [-0.3, -0.25) is 4.79 Å². The summed E-state index contributed by atoms with van der Waals surface area (Å²) in [6.45, 7) is 2.04. The molecule has 0 radical (unpaired) electrons. The molecule has 0 aliphatic heterocycles. The van der Waals surface area contributed by atoms with E-state index in [1.54, 1.807) is 11.8 Å². The van der Waals surface area contributed by atoms with Crippen molar-refractivity contribution in [2.75, 3.05) is 17.9 Å². The van der Waals surface area contributed by atoms with Crippen LogP contribution in [0.2, 0.25) is 0 Å². The number of carboxylic acids is 1. The van der Waals surface area contributed by atoms with Crippen molar-refractivity contribution < 1.29 is 9.90 Å². The molecule has 0 saturated heterocycles. The Labute approximate surface area is 95.8 Å². The van der Waals surface area contributed by atoms with Crippen LogP contribution in [0.25, 0.3) is 0 Å². The number of carboxylic acid groups (broad SMARTS) is 1. The molecule has 0 fully saturated rings. The Bertz CT molecular complexity index is 117. The minimum absolute atomic E-state index is 0. The summed E-state index contributed by atoms with van der Waals surface area (Å²) in [7, 11) is 0. The third-order valence-electron chi connectivity index (χ3n) is 1.09. The minimum atomic E-state index is -0.906. The second-order valence-corrected chi connectivity index (χ2v) is 3.32. The third-order valence-corrected chi connectivity index (χ3v) is 2.03. The molecule has 3 nitrogen and oxygen atoms in total. The molecule has 0 amide bonds. The molecule has 3 N–H and O–H groups in total. The molecular weight excluding hydrogens is 230 g/mol. The van der Waals surface area contributed by atoms with Gasteiger partial charge in [-0.1, -0.05) is 6.92 Å². The molecule has 0 aromatic carbocycles. The van der Waals surface area contributed by atoms with Gasteiger partial charge in [-0.15, -0.1) is 11.6 Å². The fraction of sp³-hybridized carbons (Fsp3) is 0.857. The Morgan fingerprint density at radius 3 is 2.38 bits per heavy atom. The number of rotatable bonds is 5. The van der Waals surface area contributed by atoms with Crippen LogP contribution in [0.5, 0.6) is 0 Å². The van der Waals surface area contributed by atoms with Gasteiger partial charge in [0, 0.05) is 6.38 Å². The summed E-state index contributed by atoms with van der Waals surface area (Å²) in [5, 5.41) is 8.35. The zero-order valence-corrected chi connectivity index (χ0v) is 10.5. The maximum absolute atomic E-state index is 10.2. The van der Waals surface area contributed by atoms with Gasteiger partial charge in [0.1, 0.15) is 6.04 Å². The predicted octanol–water partition coefficient (Wildman–Crippen LogP) is 1.51. The zero-order valence-electron chi connectivity index (χ0n) is 7.92. The van der Waals surface area contributed by atoms with E-state index in [4.69, 9.17) is 10.8 Å². The van der Waals surface area contributed by atoms with Crippen LogP contribution in [0.3, 0.4) is 0 Å². The van der Waals surface area contributed by atoms with Crippen molar-refractivity contribution in [1.82, 2.24) is 0 Å². The van der Waals surface area contributed by atoms with Gasteiger partial charge < -0.3 is 10.8 Å². The van der Waals surface area contributed by atoms with Crippen molar-refractivity contribution >= 4 is 42.8 Å². The van der Waals surface area contributed by atoms with Gasteiger partial charge in [-0.2, -0.15) is 25.3 Å². The molecule has 0 aliphatic carbocycles. The van der Waals surface area contributed by atoms with Crippen LogP contribution in [0.15, 0.2) is 0 Å². The predicted molar refractivity (Wildman–Crippen MR) is 65.4 cm³/mol. The smallest absolute Gasteiger partial charge is 0.320 e. The number of hydrogen-bond acceptors (Lipinski definition) is 3. The highest BCUT2D eigenvalue weighted by atomic mass is 35.5. The quantitative estimate of drug-likeness (QED) is 0.571. The summed E-state index contributed by atoms with van der Waals surface area (Å²) in [6.07, 6.45) is 2.04. The van der Waals surface area contributed by atoms with Crippen molar-refractivity contribution in [3.63, 3.8) is 0 Å². The number of alkyl halides is 1. The lowest BCUT2D eigenvalue weighted by molar-refractivity contribution is -0.138. The number of hydrogen-bond donors (Lipinski definition) is 2. The standard InChI is InChI=1S/C6H13NO2S.CH3Cl.H2S/c1-2-10-4-3-5(7)6(8)9;1-2;/h5H,2-4,7H2,1H3,(H,8,9);1H3;1H2. The first kappa shape index (κ1) is 19.1. The maximum Gasteiger partial charge on any atom is 0.320 e. The van der Waals surface area contributed by atoms with Crippen molar-refractivity contribution in [3.8, 4) is 0 Å². The third kappa shape index (κ3) is 15.2. The van der Waals surface area contributed by atoms with Crippen molar-refractivity contribution in [2.45, 2.75) is 19.4 Å². The lowest BCUT2D eigenvalue weighted by atomic mass is 10.2. The number of halogens is 1. The van der Waals surface area contributed by atoms with E-state index in [1.807, 2.05) is 6.92 Å². The first-order valence-electron chi connectivity index (χ1n) is 3.62. The number of nitrogens with two attached hydrogens (primary N) is 1. The zero-order chi connectivity index (χ0) is 9.98. The van der Waals surface area contributed by atoms with E-state index in [0.717, 1.165) is 11.5 Å². The number of carbonyl (C=O) groups is 1. The molecule has 0 rings (SSSR count). The lowest BCUT2D eigenvalue weighted by Crippen LogP contribution is -2.30. The van der Waals surface area contributed by atoms with Crippen LogP contribution in [0, 0.1) is 0 Å². The molecule has 82 valence electrons. The van der Waals surface area contributed by atoms with Crippen LogP contribution in [0.4, 0.5) is 0 Å². The van der Waals surface area contributed by atoms with Crippen LogP contribution in [0.1, 0.15) is 13.3 Å². The molecule has 0 bridgehead atoms.